The highest BCUT2D eigenvalue weighted by Gasteiger charge is 2.24. The zero-order valence-corrected chi connectivity index (χ0v) is 39.0. The molecule has 2 aromatic heterocycles. The van der Waals surface area contributed by atoms with Gasteiger partial charge >= 0.3 is 0 Å². The molecule has 0 saturated heterocycles. The van der Waals surface area contributed by atoms with Crippen LogP contribution in [0.1, 0.15) is 83.9 Å². The monoisotopic (exact) mass is 923 g/mol. The Hall–Kier alpha value is -4.01. The Morgan fingerprint density at radius 2 is 0.879 bits per heavy atom. The maximum Gasteiger partial charge on any atom is 0.133 e. The highest BCUT2D eigenvalue weighted by Crippen LogP contribution is 2.37. The Balaban J connectivity index is 0.00000641. The van der Waals surface area contributed by atoms with E-state index in [0.717, 1.165) is 67.2 Å². The van der Waals surface area contributed by atoms with Crippen molar-refractivity contribution in [1.82, 2.24) is 15.3 Å². The summed E-state index contributed by atoms with van der Waals surface area (Å²) in [6, 6.07) is 33.8. The van der Waals surface area contributed by atoms with Crippen LogP contribution in [-0.2, 0) is 39.1 Å². The van der Waals surface area contributed by atoms with Crippen LogP contribution in [-0.4, -0.2) is 9.97 Å². The number of ether oxygens (including phenoxy) is 2. The van der Waals surface area contributed by atoms with E-state index in [1.807, 2.05) is 48.5 Å². The number of hydrogen-bond acceptors (Lipinski definition) is 5. The predicted octanol–water partition coefficient (Wildman–Crippen LogP) is 13.8. The Kier molecular flexibility index (Phi) is 16.2. The van der Waals surface area contributed by atoms with Gasteiger partial charge in [-0.15, -0.1) is 12.4 Å². The number of aryl methyl sites for hydroxylation is 4. The largest absolute Gasteiger partial charge is 0.488 e. The van der Waals surface area contributed by atoms with Crippen LogP contribution in [0.2, 0.25) is 0 Å². The summed E-state index contributed by atoms with van der Waals surface area (Å²) in [5.74, 6) is 2.49. The Morgan fingerprint density at radius 1 is 0.517 bits per heavy atom. The molecule has 0 atom stereocenters. The van der Waals surface area contributed by atoms with Crippen LogP contribution in [0.25, 0.3) is 22.3 Å². The summed E-state index contributed by atoms with van der Waals surface area (Å²) in [7, 11) is 0. The molecule has 0 aliphatic carbocycles. The van der Waals surface area contributed by atoms with Crippen molar-refractivity contribution < 1.29 is 9.47 Å². The average molecular weight is 926 g/mol. The van der Waals surface area contributed by atoms with Gasteiger partial charge in [-0.1, -0.05) is 112 Å². The van der Waals surface area contributed by atoms with Gasteiger partial charge in [-0.2, -0.15) is 0 Å². The first-order valence-electron chi connectivity index (χ1n) is 20.0. The van der Waals surface area contributed by atoms with E-state index in [1.54, 1.807) is 0 Å². The topological polar surface area (TPSA) is 56.3 Å². The highest BCUT2D eigenvalue weighted by atomic mass is 79.9. The maximum atomic E-state index is 6.52. The predicted molar refractivity (Wildman–Crippen MR) is 250 cm³/mol. The summed E-state index contributed by atoms with van der Waals surface area (Å²) in [5, 5.41) is 3.97. The van der Waals surface area contributed by atoms with Crippen molar-refractivity contribution >= 4 is 44.3 Å². The van der Waals surface area contributed by atoms with E-state index in [-0.39, 0.29) is 12.4 Å². The minimum Gasteiger partial charge on any atom is -0.488 e. The molecule has 0 fully saturated rings. The van der Waals surface area contributed by atoms with E-state index in [4.69, 9.17) is 19.4 Å². The molecule has 304 valence electrons. The Bertz CT molecular complexity index is 2150. The average Bonchev–Trinajstić information content (AvgIpc) is 3.16. The van der Waals surface area contributed by atoms with E-state index >= 15 is 0 Å². The van der Waals surface area contributed by atoms with E-state index < -0.39 is 0 Å². The first kappa shape index (κ1) is 45.1. The van der Waals surface area contributed by atoms with Crippen molar-refractivity contribution in [1.29, 1.82) is 0 Å². The zero-order valence-electron chi connectivity index (χ0n) is 35.0. The van der Waals surface area contributed by atoms with Crippen molar-refractivity contribution in [2.75, 3.05) is 0 Å². The van der Waals surface area contributed by atoms with Crippen molar-refractivity contribution in [3.63, 3.8) is 0 Å². The third-order valence-electron chi connectivity index (χ3n) is 10.3. The van der Waals surface area contributed by atoms with Gasteiger partial charge in [0.25, 0.3) is 0 Å². The summed E-state index contributed by atoms with van der Waals surface area (Å²) in [6.45, 7) is 19.7. The molecule has 1 N–H and O–H groups in total. The van der Waals surface area contributed by atoms with Crippen LogP contribution in [0.15, 0.2) is 106 Å². The molecular formula is C50H56Br2ClN3O2. The molecule has 0 unspecified atom stereocenters. The van der Waals surface area contributed by atoms with Crippen LogP contribution < -0.4 is 14.8 Å². The molecule has 0 amide bonds. The molecule has 4 aromatic carbocycles. The van der Waals surface area contributed by atoms with E-state index in [0.29, 0.717) is 38.1 Å². The van der Waals surface area contributed by atoms with Gasteiger partial charge in [0.15, 0.2) is 0 Å². The van der Waals surface area contributed by atoms with E-state index in [9.17, 15) is 0 Å². The normalized spacial score (nSPS) is 11.2. The second kappa shape index (κ2) is 20.8. The lowest BCUT2D eigenvalue weighted by Crippen LogP contribution is -2.21. The first-order chi connectivity index (χ1) is 27.4. The molecule has 5 nitrogen and oxygen atoms in total. The fraction of sp³-hybridized carbons (Fsp3) is 0.320. The lowest BCUT2D eigenvalue weighted by Gasteiger charge is -2.24. The fourth-order valence-corrected chi connectivity index (χ4v) is 8.21. The molecule has 58 heavy (non-hydrogen) atoms. The van der Waals surface area contributed by atoms with Gasteiger partial charge in [-0.25, -0.2) is 0 Å². The third-order valence-corrected chi connectivity index (χ3v) is 11.6. The second-order valence-electron chi connectivity index (χ2n) is 15.9. The molecule has 6 aromatic rings. The number of rotatable bonds is 16. The van der Waals surface area contributed by atoms with Gasteiger partial charge in [0, 0.05) is 47.0 Å². The van der Waals surface area contributed by atoms with Crippen molar-refractivity contribution in [3.8, 4) is 33.8 Å². The van der Waals surface area contributed by atoms with Gasteiger partial charge in [0.1, 0.15) is 24.7 Å². The Labute approximate surface area is 369 Å². The maximum absolute atomic E-state index is 6.52. The second-order valence-corrected chi connectivity index (χ2v) is 17.6. The number of halogens is 3. The molecule has 8 heteroatoms. The van der Waals surface area contributed by atoms with E-state index in [1.165, 1.54) is 44.5 Å². The van der Waals surface area contributed by atoms with Gasteiger partial charge in [0.2, 0.25) is 0 Å². The summed E-state index contributed by atoms with van der Waals surface area (Å²) in [4.78, 5) is 10.7. The highest BCUT2D eigenvalue weighted by molar-refractivity contribution is 9.10. The molecule has 0 aliphatic heterocycles. The summed E-state index contributed by atoms with van der Waals surface area (Å²) >= 11 is 7.37. The number of benzene rings is 4. The van der Waals surface area contributed by atoms with Gasteiger partial charge in [0.05, 0.1) is 8.95 Å². The van der Waals surface area contributed by atoms with Crippen LogP contribution >= 0.6 is 44.3 Å². The van der Waals surface area contributed by atoms with Crippen molar-refractivity contribution in [2.24, 2.45) is 11.8 Å². The van der Waals surface area contributed by atoms with Crippen molar-refractivity contribution in [3.05, 3.63) is 162 Å². The molecule has 0 spiro atoms. The molecule has 0 bridgehead atoms. The number of pyridine rings is 2. The van der Waals surface area contributed by atoms with Crippen LogP contribution in [0.5, 0.6) is 11.5 Å². The standard InChI is InChI=1S/C50H55Br2N3O2.ClH/c1-31(2)25-45-39(49(37-21-17-33(5)18-22-37)41(35(7)54-45)29-56-47-15-11-9-13-43(47)51)27-53-28-40-46(26-32(3)4)55-36(8)42(30-57-48-16-12-10-14-44(48)52)50(40)38-23-19-34(6)20-24-38;/h9-24,31-32,53H,25-30H2,1-8H3;1H. The molecule has 6 rings (SSSR count). The Morgan fingerprint density at radius 3 is 1.22 bits per heavy atom. The number of nitrogens with zero attached hydrogens (tertiary/aromatic N) is 2. The SMILES string of the molecule is Cc1ccc(-c2c(COc3ccccc3Br)c(C)nc(CC(C)C)c2CNCc2c(CC(C)C)nc(C)c(COc3ccccc3Br)c2-c2ccc(C)cc2)cc1.Cl. The first-order valence-corrected chi connectivity index (χ1v) is 21.6. The fourth-order valence-electron chi connectivity index (χ4n) is 7.41. The quantitative estimate of drug-likeness (QED) is 0.105. The van der Waals surface area contributed by atoms with Gasteiger partial charge in [-0.05, 0) is 142 Å². The summed E-state index contributed by atoms with van der Waals surface area (Å²) in [6.07, 6.45) is 1.75. The zero-order chi connectivity index (χ0) is 40.6. The smallest absolute Gasteiger partial charge is 0.133 e. The molecular weight excluding hydrogens is 870 g/mol. The van der Waals surface area contributed by atoms with Gasteiger partial charge < -0.3 is 14.8 Å². The minimum atomic E-state index is 0. The van der Waals surface area contributed by atoms with Crippen LogP contribution in [0.3, 0.4) is 0 Å². The lowest BCUT2D eigenvalue weighted by molar-refractivity contribution is 0.303. The van der Waals surface area contributed by atoms with Gasteiger partial charge in [-0.3, -0.25) is 9.97 Å². The third kappa shape index (κ3) is 11.2. The number of aromatic nitrogens is 2. The van der Waals surface area contributed by atoms with Crippen LogP contribution in [0.4, 0.5) is 0 Å². The van der Waals surface area contributed by atoms with Crippen molar-refractivity contribution in [2.45, 2.75) is 94.5 Å². The summed E-state index contributed by atoms with van der Waals surface area (Å²) in [5.41, 5.74) is 16.1. The number of hydrogen-bond donors (Lipinski definition) is 1. The number of para-hydroxylation sites is 2. The van der Waals surface area contributed by atoms with E-state index in [2.05, 4.69) is 141 Å². The molecule has 0 aliphatic rings. The molecule has 0 saturated carbocycles. The van der Waals surface area contributed by atoms with Crippen LogP contribution in [0, 0.1) is 39.5 Å². The summed E-state index contributed by atoms with van der Waals surface area (Å²) < 4.78 is 14.9. The lowest BCUT2D eigenvalue weighted by atomic mass is 9.89. The number of nitrogens with one attached hydrogen (secondary N) is 1. The molecule has 2 heterocycles. The minimum absolute atomic E-state index is 0. The molecule has 0 radical (unpaired) electrons.